The van der Waals surface area contributed by atoms with E-state index in [1.807, 2.05) is 13.0 Å². The molecule has 0 heterocycles. The molecule has 0 spiro atoms. The van der Waals surface area contributed by atoms with Gasteiger partial charge in [-0.05, 0) is 56.1 Å². The summed E-state index contributed by atoms with van der Waals surface area (Å²) in [5, 5.41) is 31.6. The Hall–Kier alpha value is -2.32. The standard InChI is InChI=1S/C25H32O8/c1-23-9-7-15(26)11-14(23)3-4-16-17-8-10-25(32,24(17,2)12-18(27)22(16)23)19(28)13-33-21(31)6-5-20(29)30/h7,9,11,16-18,22,27,32H,3-6,8,10,12-13H2,1-2H3,(H,29,30)/t16-,17?,18?,22+,23+,24+,25+/m1/s1. The Balaban J connectivity index is 1.53. The Bertz CT molecular complexity index is 950. The van der Waals surface area contributed by atoms with Crippen molar-refractivity contribution in [2.75, 3.05) is 6.61 Å². The topological polar surface area (TPSA) is 138 Å². The fourth-order valence-corrected chi connectivity index (χ4v) is 7.34. The molecule has 0 aromatic rings. The number of allylic oxidation sites excluding steroid dienone is 4. The smallest absolute Gasteiger partial charge is 0.306 e. The van der Waals surface area contributed by atoms with Crippen molar-refractivity contribution in [3.63, 3.8) is 0 Å². The quantitative estimate of drug-likeness (QED) is 0.512. The zero-order valence-corrected chi connectivity index (χ0v) is 19.1. The molecule has 0 aromatic carbocycles. The third-order valence-electron chi connectivity index (χ3n) is 9.02. The van der Waals surface area contributed by atoms with Crippen LogP contribution in [0.2, 0.25) is 0 Å². The van der Waals surface area contributed by atoms with Gasteiger partial charge in [0, 0.05) is 16.7 Å². The summed E-state index contributed by atoms with van der Waals surface area (Å²) in [7, 11) is 0. The van der Waals surface area contributed by atoms with E-state index in [2.05, 4.69) is 6.92 Å². The number of carbonyl (C=O) groups excluding carboxylic acids is 3. The van der Waals surface area contributed by atoms with E-state index < -0.39 is 46.9 Å². The van der Waals surface area contributed by atoms with Gasteiger partial charge in [-0.25, -0.2) is 0 Å². The molecule has 8 heteroatoms. The molecular weight excluding hydrogens is 428 g/mol. The molecule has 2 unspecified atom stereocenters. The van der Waals surface area contributed by atoms with Crippen molar-refractivity contribution in [2.45, 2.75) is 70.5 Å². The molecule has 0 amide bonds. The van der Waals surface area contributed by atoms with Gasteiger partial charge in [-0.1, -0.05) is 25.5 Å². The number of aliphatic hydroxyl groups excluding tert-OH is 1. The number of carboxylic acid groups (broad SMARTS) is 1. The van der Waals surface area contributed by atoms with Crippen LogP contribution in [0.4, 0.5) is 0 Å². The number of Topliss-reactive ketones (excluding diaryl/α,β-unsaturated/α-hetero) is 1. The average molecular weight is 461 g/mol. The summed E-state index contributed by atoms with van der Waals surface area (Å²) in [6.07, 6.45) is 6.27. The highest BCUT2D eigenvalue weighted by Gasteiger charge is 2.68. The average Bonchev–Trinajstić information content (AvgIpc) is 3.02. The molecule has 33 heavy (non-hydrogen) atoms. The fourth-order valence-electron chi connectivity index (χ4n) is 7.34. The Kier molecular flexibility index (Phi) is 5.90. The minimum absolute atomic E-state index is 0.00645. The Morgan fingerprint density at radius 2 is 1.91 bits per heavy atom. The number of fused-ring (bicyclic) bond motifs is 5. The number of carbonyl (C=O) groups is 4. The van der Waals surface area contributed by atoms with Crippen molar-refractivity contribution in [3.05, 3.63) is 23.8 Å². The summed E-state index contributed by atoms with van der Waals surface area (Å²) in [5.41, 5.74) is -1.99. The van der Waals surface area contributed by atoms with Gasteiger partial charge in [0.1, 0.15) is 5.60 Å². The van der Waals surface area contributed by atoms with E-state index in [1.54, 1.807) is 12.2 Å². The zero-order valence-electron chi connectivity index (χ0n) is 19.1. The number of rotatable bonds is 6. The highest BCUT2D eigenvalue weighted by molar-refractivity contribution is 6.01. The van der Waals surface area contributed by atoms with Crippen molar-refractivity contribution in [2.24, 2.45) is 28.6 Å². The van der Waals surface area contributed by atoms with Gasteiger partial charge in [-0.2, -0.15) is 0 Å². The lowest BCUT2D eigenvalue weighted by Crippen LogP contribution is -2.61. The first kappa shape index (κ1) is 23.8. The predicted octanol–water partition coefficient (Wildman–Crippen LogP) is 1.97. The normalized spacial score (nSPS) is 41.5. The third-order valence-corrected chi connectivity index (χ3v) is 9.02. The van der Waals surface area contributed by atoms with Crippen molar-refractivity contribution < 1.29 is 39.2 Å². The molecule has 0 bridgehead atoms. The highest BCUT2D eigenvalue weighted by atomic mass is 16.5. The monoisotopic (exact) mass is 460 g/mol. The number of aliphatic hydroxyl groups is 2. The maximum atomic E-state index is 13.1. The van der Waals surface area contributed by atoms with Gasteiger partial charge in [0.05, 0.1) is 18.9 Å². The van der Waals surface area contributed by atoms with Crippen molar-refractivity contribution in [3.8, 4) is 0 Å². The molecule has 180 valence electrons. The largest absolute Gasteiger partial charge is 0.481 e. The number of ether oxygens (including phenoxy) is 1. The highest BCUT2D eigenvalue weighted by Crippen LogP contribution is 2.67. The number of hydrogen-bond acceptors (Lipinski definition) is 7. The summed E-state index contributed by atoms with van der Waals surface area (Å²) in [5.74, 6) is -2.58. The second-order valence-electron chi connectivity index (χ2n) is 10.6. The maximum Gasteiger partial charge on any atom is 0.306 e. The first-order valence-electron chi connectivity index (χ1n) is 11.7. The van der Waals surface area contributed by atoms with Gasteiger partial charge in [0.2, 0.25) is 5.78 Å². The molecule has 4 rings (SSSR count). The van der Waals surface area contributed by atoms with Crippen LogP contribution < -0.4 is 0 Å². The van der Waals surface area contributed by atoms with Gasteiger partial charge >= 0.3 is 11.9 Å². The molecule has 8 nitrogen and oxygen atoms in total. The van der Waals surface area contributed by atoms with E-state index in [1.165, 1.54) is 0 Å². The van der Waals surface area contributed by atoms with E-state index >= 15 is 0 Å². The lowest BCUT2D eigenvalue weighted by Gasteiger charge is -2.59. The molecule has 3 fully saturated rings. The molecule has 0 aromatic heterocycles. The van der Waals surface area contributed by atoms with E-state index in [9.17, 15) is 29.4 Å². The molecule has 4 aliphatic carbocycles. The zero-order chi connectivity index (χ0) is 24.2. The Morgan fingerprint density at radius 3 is 2.61 bits per heavy atom. The molecule has 0 aliphatic heterocycles. The van der Waals surface area contributed by atoms with Crippen LogP contribution in [-0.2, 0) is 23.9 Å². The van der Waals surface area contributed by atoms with Gasteiger partial charge in [0.15, 0.2) is 12.4 Å². The summed E-state index contributed by atoms with van der Waals surface area (Å²) in [6.45, 7) is 3.30. The van der Waals surface area contributed by atoms with E-state index in [0.29, 0.717) is 6.42 Å². The van der Waals surface area contributed by atoms with Crippen LogP contribution in [0.1, 0.15) is 58.8 Å². The van der Waals surface area contributed by atoms with Crippen LogP contribution in [0.5, 0.6) is 0 Å². The van der Waals surface area contributed by atoms with Gasteiger partial charge in [-0.15, -0.1) is 0 Å². The molecule has 0 saturated heterocycles. The van der Waals surface area contributed by atoms with E-state index in [0.717, 1.165) is 18.4 Å². The molecule has 7 atom stereocenters. The molecule has 4 aliphatic rings. The number of carboxylic acids is 1. The minimum Gasteiger partial charge on any atom is -0.481 e. The van der Waals surface area contributed by atoms with Crippen LogP contribution >= 0.6 is 0 Å². The van der Waals surface area contributed by atoms with E-state index in [4.69, 9.17) is 9.84 Å². The number of ketones is 2. The lowest BCUT2D eigenvalue weighted by atomic mass is 9.46. The Morgan fingerprint density at radius 1 is 1.18 bits per heavy atom. The first-order valence-corrected chi connectivity index (χ1v) is 11.7. The summed E-state index contributed by atoms with van der Waals surface area (Å²) in [6, 6.07) is 0. The predicted molar refractivity (Wildman–Crippen MR) is 116 cm³/mol. The summed E-state index contributed by atoms with van der Waals surface area (Å²) in [4.78, 5) is 47.4. The molecule has 3 saturated carbocycles. The van der Waals surface area contributed by atoms with Crippen LogP contribution in [0, 0.1) is 28.6 Å². The summed E-state index contributed by atoms with van der Waals surface area (Å²) < 4.78 is 4.96. The van der Waals surface area contributed by atoms with Crippen LogP contribution in [0.25, 0.3) is 0 Å². The number of hydrogen-bond donors (Lipinski definition) is 3. The fraction of sp³-hybridized carbons (Fsp3) is 0.680. The summed E-state index contributed by atoms with van der Waals surface area (Å²) >= 11 is 0. The van der Waals surface area contributed by atoms with Gasteiger partial charge in [0.25, 0.3) is 0 Å². The second kappa shape index (κ2) is 8.17. The molecule has 3 N–H and O–H groups in total. The van der Waals surface area contributed by atoms with Gasteiger partial charge < -0.3 is 20.1 Å². The minimum atomic E-state index is -1.73. The maximum absolute atomic E-state index is 13.1. The third kappa shape index (κ3) is 3.67. The number of aliphatic carboxylic acids is 1. The second-order valence-corrected chi connectivity index (χ2v) is 10.6. The SMILES string of the molecule is C[C@]12C=CC(=O)C=C1CC[C@@H]1C3CC[C@](O)(C(=O)COC(=O)CCC(=O)O)[C@@]3(C)CC(O)[C@H]12. The Labute approximate surface area is 192 Å². The van der Waals surface area contributed by atoms with Crippen LogP contribution in [-0.4, -0.2) is 57.1 Å². The van der Waals surface area contributed by atoms with Crippen LogP contribution in [0.15, 0.2) is 23.8 Å². The number of esters is 1. The van der Waals surface area contributed by atoms with Crippen LogP contribution in [0.3, 0.4) is 0 Å². The van der Waals surface area contributed by atoms with Crippen molar-refractivity contribution >= 4 is 23.5 Å². The molecule has 0 radical (unpaired) electrons. The van der Waals surface area contributed by atoms with E-state index in [-0.39, 0.29) is 49.2 Å². The first-order chi connectivity index (χ1) is 15.4. The molecular formula is C25H32O8. The van der Waals surface area contributed by atoms with Crippen molar-refractivity contribution in [1.82, 2.24) is 0 Å². The lowest BCUT2D eigenvalue weighted by molar-refractivity contribution is -0.181. The van der Waals surface area contributed by atoms with Crippen molar-refractivity contribution in [1.29, 1.82) is 0 Å². The van der Waals surface area contributed by atoms with Gasteiger partial charge in [-0.3, -0.25) is 19.2 Å².